The number of methoxy groups -OCH3 is 1. The highest BCUT2D eigenvalue weighted by atomic mass is 79.9. The molecule has 0 spiro atoms. The lowest BCUT2D eigenvalue weighted by molar-refractivity contribution is 0.0641. The van der Waals surface area contributed by atoms with Gasteiger partial charge >= 0.3 is 0 Å². The summed E-state index contributed by atoms with van der Waals surface area (Å²) in [6.07, 6.45) is 0. The molecule has 0 radical (unpaired) electrons. The Hall–Kier alpha value is -0.780. The summed E-state index contributed by atoms with van der Waals surface area (Å²) in [5.74, 6) is 0.560. The molecule has 0 N–H and O–H groups in total. The van der Waals surface area contributed by atoms with Crippen molar-refractivity contribution in [2.24, 2.45) is 0 Å². The van der Waals surface area contributed by atoms with Crippen molar-refractivity contribution < 1.29 is 9.53 Å². The molecule has 1 fully saturated rings. The molecule has 0 aliphatic carbocycles. The molecule has 1 heterocycles. The minimum absolute atomic E-state index is 0.0113. The summed E-state index contributed by atoms with van der Waals surface area (Å²) in [6.45, 7) is 4.30. The van der Waals surface area contributed by atoms with E-state index in [-0.39, 0.29) is 5.91 Å². The second kappa shape index (κ2) is 7.29. The average Bonchev–Trinajstić information content (AvgIpc) is 2.47. The van der Waals surface area contributed by atoms with Crippen LogP contribution in [0.2, 0.25) is 5.02 Å². The van der Waals surface area contributed by atoms with E-state index in [1.807, 2.05) is 4.90 Å². The smallest absolute Gasteiger partial charge is 0.257 e. The molecular formula is C14H18BrClN2O2. The molecule has 20 heavy (non-hydrogen) atoms. The van der Waals surface area contributed by atoms with Gasteiger partial charge in [-0.1, -0.05) is 27.5 Å². The van der Waals surface area contributed by atoms with Crippen molar-refractivity contribution in [3.63, 3.8) is 0 Å². The third-order valence-corrected chi connectivity index (χ3v) is 4.04. The second-order valence-corrected chi connectivity index (χ2v) is 5.90. The van der Waals surface area contributed by atoms with Crippen LogP contribution in [0.5, 0.6) is 5.75 Å². The molecule has 110 valence electrons. The Morgan fingerprint density at radius 1 is 1.35 bits per heavy atom. The topological polar surface area (TPSA) is 32.8 Å². The first kappa shape index (κ1) is 15.6. The van der Waals surface area contributed by atoms with E-state index in [4.69, 9.17) is 16.3 Å². The van der Waals surface area contributed by atoms with Crippen molar-refractivity contribution in [2.45, 2.75) is 0 Å². The maximum absolute atomic E-state index is 12.6. The van der Waals surface area contributed by atoms with Crippen molar-refractivity contribution in [1.29, 1.82) is 0 Å². The lowest BCUT2D eigenvalue weighted by Gasteiger charge is -2.34. The van der Waals surface area contributed by atoms with Gasteiger partial charge in [-0.25, -0.2) is 0 Å². The molecule has 0 bridgehead atoms. The molecular weight excluding hydrogens is 344 g/mol. The van der Waals surface area contributed by atoms with Gasteiger partial charge < -0.3 is 9.64 Å². The molecule has 0 saturated carbocycles. The molecule has 2 rings (SSSR count). The van der Waals surface area contributed by atoms with Gasteiger partial charge in [-0.05, 0) is 18.2 Å². The van der Waals surface area contributed by atoms with Gasteiger partial charge in [-0.2, -0.15) is 0 Å². The van der Waals surface area contributed by atoms with Crippen molar-refractivity contribution in [1.82, 2.24) is 9.80 Å². The normalized spacial score (nSPS) is 16.2. The van der Waals surface area contributed by atoms with E-state index in [1.165, 1.54) is 0 Å². The summed E-state index contributed by atoms with van der Waals surface area (Å²) in [6, 6.07) is 5.13. The predicted molar refractivity (Wildman–Crippen MR) is 84.1 cm³/mol. The zero-order valence-electron chi connectivity index (χ0n) is 11.4. The molecule has 1 amide bonds. The van der Waals surface area contributed by atoms with Gasteiger partial charge in [-0.15, -0.1) is 0 Å². The zero-order chi connectivity index (χ0) is 14.5. The minimum atomic E-state index is -0.0113. The molecule has 1 aliphatic rings. The van der Waals surface area contributed by atoms with Crippen LogP contribution in [0.4, 0.5) is 0 Å². The minimum Gasteiger partial charge on any atom is -0.496 e. The van der Waals surface area contributed by atoms with Crippen LogP contribution in [0.25, 0.3) is 0 Å². The molecule has 1 aromatic rings. The number of alkyl halides is 1. The van der Waals surface area contributed by atoms with Crippen molar-refractivity contribution in [3.8, 4) is 5.75 Å². The first-order chi connectivity index (χ1) is 9.65. The molecule has 1 aliphatic heterocycles. The largest absolute Gasteiger partial charge is 0.496 e. The maximum atomic E-state index is 12.6. The summed E-state index contributed by atoms with van der Waals surface area (Å²) in [5.41, 5.74) is 0.536. The number of hydrogen-bond acceptors (Lipinski definition) is 3. The summed E-state index contributed by atoms with van der Waals surface area (Å²) in [5, 5.41) is 1.51. The molecule has 6 heteroatoms. The second-order valence-electron chi connectivity index (χ2n) is 4.67. The lowest BCUT2D eigenvalue weighted by atomic mass is 10.1. The van der Waals surface area contributed by atoms with E-state index in [2.05, 4.69) is 20.8 Å². The fraction of sp³-hybridized carbons (Fsp3) is 0.500. The Bertz CT molecular complexity index is 476. The van der Waals surface area contributed by atoms with E-state index < -0.39 is 0 Å². The number of hydrogen-bond donors (Lipinski definition) is 0. The van der Waals surface area contributed by atoms with Crippen molar-refractivity contribution in [3.05, 3.63) is 28.8 Å². The first-order valence-corrected chi connectivity index (χ1v) is 8.06. The van der Waals surface area contributed by atoms with Crippen LogP contribution in [0, 0.1) is 0 Å². The number of halogens is 2. The number of rotatable bonds is 4. The quantitative estimate of drug-likeness (QED) is 0.773. The van der Waals surface area contributed by atoms with Gasteiger partial charge in [0.15, 0.2) is 0 Å². The highest BCUT2D eigenvalue weighted by Gasteiger charge is 2.24. The first-order valence-electron chi connectivity index (χ1n) is 6.57. The molecule has 0 atom stereocenters. The van der Waals surface area contributed by atoms with Gasteiger partial charge in [0.1, 0.15) is 5.75 Å². The number of carbonyl (C=O) groups is 1. The fourth-order valence-corrected chi connectivity index (χ4v) is 2.99. The zero-order valence-corrected chi connectivity index (χ0v) is 13.8. The number of amides is 1. The van der Waals surface area contributed by atoms with E-state index in [0.29, 0.717) is 16.3 Å². The van der Waals surface area contributed by atoms with Crippen molar-refractivity contribution >= 4 is 33.4 Å². The van der Waals surface area contributed by atoms with Crippen LogP contribution in [0.3, 0.4) is 0 Å². The van der Waals surface area contributed by atoms with Crippen LogP contribution in [0.15, 0.2) is 18.2 Å². The summed E-state index contributed by atoms with van der Waals surface area (Å²) in [7, 11) is 1.56. The Morgan fingerprint density at radius 3 is 2.65 bits per heavy atom. The van der Waals surface area contributed by atoms with Gasteiger partial charge in [0, 0.05) is 43.1 Å². The van der Waals surface area contributed by atoms with E-state index in [1.54, 1.807) is 25.3 Å². The predicted octanol–water partition coefficient (Wildman–Crippen LogP) is 2.50. The van der Waals surface area contributed by atoms with Crippen LogP contribution in [0.1, 0.15) is 10.4 Å². The highest BCUT2D eigenvalue weighted by molar-refractivity contribution is 9.09. The van der Waals surface area contributed by atoms with Gasteiger partial charge in [0.25, 0.3) is 5.91 Å². The molecule has 0 aromatic heterocycles. The van der Waals surface area contributed by atoms with Gasteiger partial charge in [-0.3, -0.25) is 9.69 Å². The lowest BCUT2D eigenvalue weighted by Crippen LogP contribution is -2.49. The number of nitrogens with zero attached hydrogens (tertiary/aromatic N) is 2. The molecule has 4 nitrogen and oxygen atoms in total. The Labute approximate surface area is 132 Å². The Balaban J connectivity index is 2.07. The number of ether oxygens (including phenoxy) is 1. The van der Waals surface area contributed by atoms with E-state index in [0.717, 1.165) is 38.1 Å². The highest BCUT2D eigenvalue weighted by Crippen LogP contribution is 2.24. The standard InChI is InChI=1S/C14H18BrClN2O2/c1-20-13-3-2-11(16)10-12(13)14(19)18-8-6-17(5-4-15)7-9-18/h2-3,10H,4-9H2,1H3. The van der Waals surface area contributed by atoms with Crippen LogP contribution >= 0.6 is 27.5 Å². The number of benzene rings is 1. The SMILES string of the molecule is COc1ccc(Cl)cc1C(=O)N1CCN(CCBr)CC1. The molecule has 1 saturated heterocycles. The molecule has 1 aromatic carbocycles. The van der Waals surface area contributed by atoms with Gasteiger partial charge in [0.05, 0.1) is 12.7 Å². The monoisotopic (exact) mass is 360 g/mol. The van der Waals surface area contributed by atoms with Crippen LogP contribution < -0.4 is 4.74 Å². The number of piperazine rings is 1. The summed E-state index contributed by atoms with van der Waals surface area (Å²) < 4.78 is 5.25. The Morgan fingerprint density at radius 2 is 2.05 bits per heavy atom. The maximum Gasteiger partial charge on any atom is 0.257 e. The Kier molecular flexibility index (Phi) is 5.69. The van der Waals surface area contributed by atoms with Crippen LogP contribution in [-0.4, -0.2) is 60.9 Å². The molecule has 0 unspecified atom stereocenters. The summed E-state index contributed by atoms with van der Waals surface area (Å²) >= 11 is 9.42. The fourth-order valence-electron chi connectivity index (χ4n) is 2.31. The van der Waals surface area contributed by atoms with Crippen LogP contribution in [-0.2, 0) is 0 Å². The number of carbonyl (C=O) groups excluding carboxylic acids is 1. The van der Waals surface area contributed by atoms with E-state index in [9.17, 15) is 4.79 Å². The third kappa shape index (κ3) is 3.65. The third-order valence-electron chi connectivity index (χ3n) is 3.45. The van der Waals surface area contributed by atoms with E-state index >= 15 is 0 Å². The van der Waals surface area contributed by atoms with Gasteiger partial charge in [0.2, 0.25) is 0 Å². The average molecular weight is 362 g/mol. The summed E-state index contributed by atoms with van der Waals surface area (Å²) in [4.78, 5) is 16.8. The van der Waals surface area contributed by atoms with Crippen molar-refractivity contribution in [2.75, 3.05) is 45.2 Å².